The first kappa shape index (κ1) is 26.4. The second-order valence-corrected chi connectivity index (χ2v) is 9.71. The van der Waals surface area contributed by atoms with Crippen molar-refractivity contribution in [3.63, 3.8) is 0 Å². The number of halogens is 2. The summed E-state index contributed by atoms with van der Waals surface area (Å²) < 4.78 is 25.5. The molecule has 1 fully saturated rings. The summed E-state index contributed by atoms with van der Waals surface area (Å²) in [6.45, 7) is -0.179. The van der Waals surface area contributed by atoms with Gasteiger partial charge in [0.25, 0.3) is 5.91 Å². The van der Waals surface area contributed by atoms with Crippen molar-refractivity contribution in [2.45, 2.75) is 12.5 Å². The van der Waals surface area contributed by atoms with Crippen LogP contribution < -0.4 is 20.1 Å². The highest BCUT2D eigenvalue weighted by Crippen LogP contribution is 2.26. The number of methoxy groups -OCH3 is 2. The number of nitrogens with zero attached hydrogens (tertiary/aromatic N) is 1. The van der Waals surface area contributed by atoms with Crippen molar-refractivity contribution in [1.29, 1.82) is 0 Å². The van der Waals surface area contributed by atoms with E-state index in [1.165, 1.54) is 19.2 Å². The van der Waals surface area contributed by atoms with Crippen LogP contribution in [0.15, 0.2) is 66.7 Å². The summed E-state index contributed by atoms with van der Waals surface area (Å²) in [5, 5.41) is 5.30. The fourth-order valence-electron chi connectivity index (χ4n) is 4.05. The smallest absolute Gasteiger partial charge is 0.325 e. The molecule has 0 radical (unpaired) electrons. The highest BCUT2D eigenvalue weighted by molar-refractivity contribution is 14.1. The molecule has 0 bridgehead atoms. The Balaban J connectivity index is 1.56. The summed E-state index contributed by atoms with van der Waals surface area (Å²) in [5.41, 5.74) is 1.42. The number of amides is 4. The minimum Gasteiger partial charge on any atom is -0.497 e. The van der Waals surface area contributed by atoms with Crippen molar-refractivity contribution in [3.8, 4) is 11.5 Å². The van der Waals surface area contributed by atoms with Crippen LogP contribution in [0.5, 0.6) is 11.5 Å². The Bertz CT molecular complexity index is 1300. The van der Waals surface area contributed by atoms with E-state index < -0.39 is 35.6 Å². The third-order valence-corrected chi connectivity index (χ3v) is 6.75. The summed E-state index contributed by atoms with van der Waals surface area (Å²) in [6, 6.07) is 16.9. The number of urea groups is 1. The maximum Gasteiger partial charge on any atom is 0.325 e. The van der Waals surface area contributed by atoms with Crippen molar-refractivity contribution in [2.75, 3.05) is 26.1 Å². The van der Waals surface area contributed by atoms with E-state index >= 15 is 0 Å². The van der Waals surface area contributed by atoms with Gasteiger partial charge in [0.15, 0.2) is 0 Å². The Morgan fingerprint density at radius 1 is 1.03 bits per heavy atom. The van der Waals surface area contributed by atoms with Gasteiger partial charge < -0.3 is 20.1 Å². The van der Waals surface area contributed by atoms with Gasteiger partial charge in [-0.05, 0) is 82.6 Å². The number of hydrogen-bond acceptors (Lipinski definition) is 5. The molecule has 1 heterocycles. The fourth-order valence-corrected chi connectivity index (χ4v) is 4.50. The molecule has 0 spiro atoms. The molecule has 4 rings (SSSR count). The Kier molecular flexibility index (Phi) is 8.27. The Morgan fingerprint density at radius 2 is 1.65 bits per heavy atom. The van der Waals surface area contributed by atoms with Crippen molar-refractivity contribution in [2.24, 2.45) is 5.92 Å². The van der Waals surface area contributed by atoms with E-state index in [9.17, 15) is 18.8 Å². The molecule has 2 N–H and O–H groups in total. The SMILES string of the molecule is COc1ccc(CC(CN2C(=O)N[C@H](c3ccc(OC)cc3)C2=O)C(=O)Nc2ccc(I)cc2F)cc1. The van der Waals surface area contributed by atoms with Gasteiger partial charge in [-0.2, -0.15) is 0 Å². The molecule has 37 heavy (non-hydrogen) atoms. The predicted octanol–water partition coefficient (Wildman–Crippen LogP) is 4.54. The lowest BCUT2D eigenvalue weighted by atomic mass is 9.97. The van der Waals surface area contributed by atoms with Crippen LogP contribution in [0, 0.1) is 15.3 Å². The largest absolute Gasteiger partial charge is 0.497 e. The third kappa shape index (κ3) is 6.19. The molecule has 4 amide bonds. The van der Waals surface area contributed by atoms with Crippen LogP contribution in [-0.4, -0.2) is 43.5 Å². The van der Waals surface area contributed by atoms with Crippen molar-refractivity contribution < 1.29 is 28.2 Å². The Labute approximate surface area is 227 Å². The minimum atomic E-state index is -0.878. The van der Waals surface area contributed by atoms with E-state index in [2.05, 4.69) is 10.6 Å². The molecule has 3 aromatic rings. The summed E-state index contributed by atoms with van der Waals surface area (Å²) in [5.74, 6) is -1.11. The quantitative estimate of drug-likeness (QED) is 0.272. The van der Waals surface area contributed by atoms with Gasteiger partial charge in [0.1, 0.15) is 23.4 Å². The van der Waals surface area contributed by atoms with E-state index in [1.807, 2.05) is 22.6 Å². The Hall–Kier alpha value is -3.67. The van der Waals surface area contributed by atoms with Crippen LogP contribution in [0.25, 0.3) is 0 Å². The van der Waals surface area contributed by atoms with E-state index in [-0.39, 0.29) is 18.7 Å². The maximum atomic E-state index is 14.4. The number of benzene rings is 3. The van der Waals surface area contributed by atoms with Gasteiger partial charge in [0, 0.05) is 10.1 Å². The standard InChI is InChI=1S/C27H25FIN3O5/c1-36-20-8-3-16(4-9-20)13-18(25(33)30-23-12-7-19(29)14-22(23)28)15-32-26(34)24(31-27(32)35)17-5-10-21(37-2)11-6-17/h3-12,14,18,24H,13,15H2,1-2H3,(H,30,33)(H,31,35)/t18?,24-/m1/s1. The zero-order valence-electron chi connectivity index (χ0n) is 20.2. The van der Waals surface area contributed by atoms with E-state index in [0.29, 0.717) is 20.6 Å². The lowest BCUT2D eigenvalue weighted by Gasteiger charge is -2.22. The van der Waals surface area contributed by atoms with Crippen LogP contribution in [-0.2, 0) is 16.0 Å². The summed E-state index contributed by atoms with van der Waals surface area (Å²) in [7, 11) is 3.09. The zero-order valence-corrected chi connectivity index (χ0v) is 22.3. The lowest BCUT2D eigenvalue weighted by molar-refractivity contribution is -0.129. The molecule has 1 aliphatic rings. The van der Waals surface area contributed by atoms with E-state index in [1.54, 1.807) is 61.7 Å². The van der Waals surface area contributed by atoms with Gasteiger partial charge in [0.2, 0.25) is 5.91 Å². The summed E-state index contributed by atoms with van der Waals surface area (Å²) in [6.07, 6.45) is 0.214. The molecule has 0 aromatic heterocycles. The molecule has 1 unspecified atom stereocenters. The fraction of sp³-hybridized carbons (Fsp3) is 0.222. The van der Waals surface area contributed by atoms with Gasteiger partial charge in [-0.15, -0.1) is 0 Å². The molecule has 10 heteroatoms. The summed E-state index contributed by atoms with van der Waals surface area (Å²) >= 11 is 1.98. The van der Waals surface area contributed by atoms with Crippen LogP contribution in [0.4, 0.5) is 14.9 Å². The number of rotatable bonds is 9. The summed E-state index contributed by atoms with van der Waals surface area (Å²) in [4.78, 5) is 40.4. The predicted molar refractivity (Wildman–Crippen MR) is 144 cm³/mol. The highest BCUT2D eigenvalue weighted by atomic mass is 127. The average Bonchev–Trinajstić information content (AvgIpc) is 3.18. The number of anilines is 1. The number of carbonyl (C=O) groups is 3. The van der Waals surface area contributed by atoms with Crippen LogP contribution in [0.3, 0.4) is 0 Å². The maximum absolute atomic E-state index is 14.4. The van der Waals surface area contributed by atoms with Crippen LogP contribution in [0.1, 0.15) is 17.2 Å². The molecular formula is C27H25FIN3O5. The molecular weight excluding hydrogens is 592 g/mol. The highest BCUT2D eigenvalue weighted by Gasteiger charge is 2.41. The van der Waals surface area contributed by atoms with Crippen LogP contribution >= 0.6 is 22.6 Å². The molecule has 1 saturated heterocycles. The molecule has 0 aliphatic carbocycles. The first-order valence-electron chi connectivity index (χ1n) is 11.4. The number of ether oxygens (including phenoxy) is 2. The van der Waals surface area contributed by atoms with Gasteiger partial charge in [-0.25, -0.2) is 9.18 Å². The zero-order chi connectivity index (χ0) is 26.5. The van der Waals surface area contributed by atoms with Crippen molar-refractivity contribution in [3.05, 3.63) is 87.2 Å². The number of imide groups is 1. The molecule has 3 aromatic carbocycles. The van der Waals surface area contributed by atoms with E-state index in [0.717, 1.165) is 10.5 Å². The molecule has 0 saturated carbocycles. The molecule has 1 aliphatic heterocycles. The van der Waals surface area contributed by atoms with Crippen molar-refractivity contribution >= 4 is 46.1 Å². The number of nitrogens with one attached hydrogen (secondary N) is 2. The first-order chi connectivity index (χ1) is 17.8. The second kappa shape index (κ2) is 11.6. The topological polar surface area (TPSA) is 97.0 Å². The van der Waals surface area contributed by atoms with Gasteiger partial charge in [-0.3, -0.25) is 14.5 Å². The monoisotopic (exact) mass is 617 g/mol. The van der Waals surface area contributed by atoms with Gasteiger partial charge >= 0.3 is 6.03 Å². The normalized spacial score (nSPS) is 15.8. The molecule has 192 valence electrons. The van der Waals surface area contributed by atoms with E-state index in [4.69, 9.17) is 9.47 Å². The minimum absolute atomic E-state index is 0.0263. The molecule has 2 atom stereocenters. The van der Waals surface area contributed by atoms with Crippen molar-refractivity contribution in [1.82, 2.24) is 10.2 Å². The molecule has 8 nitrogen and oxygen atoms in total. The van der Waals surface area contributed by atoms with Gasteiger partial charge in [0.05, 0.1) is 25.8 Å². The Morgan fingerprint density at radius 3 is 2.24 bits per heavy atom. The number of carbonyl (C=O) groups excluding carboxylic acids is 3. The third-order valence-electron chi connectivity index (χ3n) is 6.08. The lowest BCUT2D eigenvalue weighted by Crippen LogP contribution is -2.40. The average molecular weight is 617 g/mol. The van der Waals surface area contributed by atoms with Gasteiger partial charge in [-0.1, -0.05) is 24.3 Å². The number of hydrogen-bond donors (Lipinski definition) is 2. The first-order valence-corrected chi connectivity index (χ1v) is 12.5. The van der Waals surface area contributed by atoms with Crippen LogP contribution in [0.2, 0.25) is 0 Å². The second-order valence-electron chi connectivity index (χ2n) is 8.47.